The number of hydrogen-bond donors (Lipinski definition) is 0. The molecule has 0 aromatic rings. The average Bonchev–Trinajstić information content (AvgIpc) is 2.96. The standard InChI is InChI=1S/C35H67ClO4/c1-3-5-7-9-11-13-15-17-19-21-23-25-27-29-34(37)39-32-33(31-36)40-35(38)30-28-26-24-22-20-18-16-14-12-10-8-6-4-2/h33H,3-32H2,1-2H3/t33-/m1/s1/i31+1,32+1,33+1. The van der Waals surface area contributed by atoms with Crippen LogP contribution in [-0.4, -0.2) is 30.5 Å². The van der Waals surface area contributed by atoms with E-state index in [2.05, 4.69) is 13.8 Å². The van der Waals surface area contributed by atoms with E-state index in [-0.39, 0.29) is 24.4 Å². The van der Waals surface area contributed by atoms with Crippen LogP contribution in [0.25, 0.3) is 0 Å². The summed E-state index contributed by atoms with van der Waals surface area (Å²) in [5.41, 5.74) is 0. The van der Waals surface area contributed by atoms with E-state index < -0.39 is 6.10 Å². The number of hydrogen-bond acceptors (Lipinski definition) is 4. The number of carbonyl (C=O) groups excluding carboxylic acids is 2. The van der Waals surface area contributed by atoms with Gasteiger partial charge < -0.3 is 9.47 Å². The Morgan fingerprint density at radius 2 is 0.775 bits per heavy atom. The molecule has 0 spiro atoms. The van der Waals surface area contributed by atoms with E-state index in [1.165, 1.54) is 141 Å². The molecule has 238 valence electrons. The molecule has 40 heavy (non-hydrogen) atoms. The fourth-order valence-electron chi connectivity index (χ4n) is 5.19. The number of unbranched alkanes of at least 4 members (excludes halogenated alkanes) is 24. The van der Waals surface area contributed by atoms with Crippen LogP contribution in [0.2, 0.25) is 0 Å². The topological polar surface area (TPSA) is 52.6 Å². The minimum atomic E-state index is -0.549. The Bertz CT molecular complexity index is 539. The Labute approximate surface area is 254 Å². The summed E-state index contributed by atoms with van der Waals surface area (Å²) in [6.45, 7) is 4.59. The summed E-state index contributed by atoms with van der Waals surface area (Å²) >= 11 is 5.95. The third-order valence-corrected chi connectivity index (χ3v) is 8.21. The molecule has 5 heteroatoms. The van der Waals surface area contributed by atoms with Gasteiger partial charge in [-0.2, -0.15) is 0 Å². The van der Waals surface area contributed by atoms with E-state index in [1.54, 1.807) is 0 Å². The van der Waals surface area contributed by atoms with E-state index in [0.29, 0.717) is 12.8 Å². The van der Waals surface area contributed by atoms with Crippen molar-refractivity contribution in [1.29, 1.82) is 0 Å². The predicted molar refractivity (Wildman–Crippen MR) is 172 cm³/mol. The van der Waals surface area contributed by atoms with Crippen LogP contribution in [0.1, 0.15) is 194 Å². The van der Waals surface area contributed by atoms with Gasteiger partial charge in [-0.25, -0.2) is 0 Å². The van der Waals surface area contributed by atoms with Crippen LogP contribution in [0.3, 0.4) is 0 Å². The van der Waals surface area contributed by atoms with Gasteiger partial charge in [0.05, 0.1) is 5.88 Å². The highest BCUT2D eigenvalue weighted by atomic mass is 35.5. The van der Waals surface area contributed by atoms with Crippen molar-refractivity contribution in [2.75, 3.05) is 12.5 Å². The first-order valence-corrected chi connectivity index (χ1v) is 18.1. The summed E-state index contributed by atoms with van der Waals surface area (Å²) in [6, 6.07) is 0. The zero-order valence-electron chi connectivity index (χ0n) is 26.8. The molecule has 1 atom stereocenters. The first kappa shape index (κ1) is 39.2. The summed E-state index contributed by atoms with van der Waals surface area (Å²) in [5.74, 6) is -0.303. The van der Waals surface area contributed by atoms with E-state index in [9.17, 15) is 9.59 Å². The molecule has 0 aromatic carbocycles. The second-order valence-corrected chi connectivity index (χ2v) is 12.2. The van der Waals surface area contributed by atoms with Gasteiger partial charge in [-0.1, -0.05) is 168 Å². The van der Waals surface area contributed by atoms with E-state index in [0.717, 1.165) is 25.7 Å². The van der Waals surface area contributed by atoms with Crippen molar-refractivity contribution in [3.05, 3.63) is 0 Å². The summed E-state index contributed by atoms with van der Waals surface area (Å²) in [4.78, 5) is 24.2. The summed E-state index contributed by atoms with van der Waals surface area (Å²) in [5, 5.41) is 0. The number of carbonyl (C=O) groups is 2. The molecule has 0 saturated carbocycles. The number of alkyl halides is 1. The van der Waals surface area contributed by atoms with Crippen LogP contribution < -0.4 is 0 Å². The molecule has 0 radical (unpaired) electrons. The highest BCUT2D eigenvalue weighted by Crippen LogP contribution is 2.15. The lowest BCUT2D eigenvalue weighted by Gasteiger charge is -2.15. The zero-order chi connectivity index (χ0) is 29.4. The molecule has 0 heterocycles. The molecule has 0 amide bonds. The van der Waals surface area contributed by atoms with Crippen LogP contribution in [0.15, 0.2) is 0 Å². The third kappa shape index (κ3) is 30.2. The first-order valence-electron chi connectivity index (χ1n) is 17.5. The smallest absolute Gasteiger partial charge is 0.306 e. The van der Waals surface area contributed by atoms with Gasteiger partial charge in [-0.3, -0.25) is 9.59 Å². The largest absolute Gasteiger partial charge is 0.462 e. The second kappa shape index (κ2) is 32.7. The quantitative estimate of drug-likeness (QED) is 0.0339. The molecular formula is C35H67ClO4. The maximum absolute atomic E-state index is 12.1. The molecule has 0 N–H and O–H groups in total. The van der Waals surface area contributed by atoms with Crippen LogP contribution in [0.4, 0.5) is 0 Å². The van der Waals surface area contributed by atoms with E-state index in [4.69, 9.17) is 21.1 Å². The zero-order valence-corrected chi connectivity index (χ0v) is 27.6. The van der Waals surface area contributed by atoms with Crippen molar-refractivity contribution < 1.29 is 19.1 Å². The molecule has 0 bridgehead atoms. The molecular weight excluding hydrogens is 523 g/mol. The Hall–Kier alpha value is -0.770. The maximum Gasteiger partial charge on any atom is 0.306 e. The fourth-order valence-corrected chi connectivity index (χ4v) is 5.34. The van der Waals surface area contributed by atoms with E-state index >= 15 is 0 Å². The van der Waals surface area contributed by atoms with Gasteiger partial charge in [0.2, 0.25) is 0 Å². The lowest BCUT2D eigenvalue weighted by atomic mass is 10.0. The van der Waals surface area contributed by atoms with Gasteiger partial charge in [0, 0.05) is 12.8 Å². The van der Waals surface area contributed by atoms with Gasteiger partial charge in [0.15, 0.2) is 0 Å². The van der Waals surface area contributed by atoms with Gasteiger partial charge in [-0.05, 0) is 12.8 Å². The minimum absolute atomic E-state index is 0.0606. The number of halogens is 1. The van der Waals surface area contributed by atoms with Crippen molar-refractivity contribution in [3.63, 3.8) is 0 Å². The van der Waals surface area contributed by atoms with Gasteiger partial charge >= 0.3 is 11.9 Å². The normalized spacial score (nSPS) is 12.0. The van der Waals surface area contributed by atoms with Crippen LogP contribution in [0.5, 0.6) is 0 Å². The summed E-state index contributed by atoms with van der Waals surface area (Å²) in [6.07, 6.45) is 33.6. The van der Waals surface area contributed by atoms with Crippen molar-refractivity contribution in [2.24, 2.45) is 0 Å². The molecule has 0 fully saturated rings. The molecule has 4 nitrogen and oxygen atoms in total. The first-order chi connectivity index (χ1) is 19.6. The molecule has 0 rings (SSSR count). The predicted octanol–water partition coefficient (Wildman–Crippen LogP) is 11.6. The molecule has 0 aliphatic carbocycles. The average molecular weight is 590 g/mol. The summed E-state index contributed by atoms with van der Waals surface area (Å²) in [7, 11) is 0. The second-order valence-electron chi connectivity index (χ2n) is 11.9. The lowest BCUT2D eigenvalue weighted by molar-refractivity contribution is -0.157. The Kier molecular flexibility index (Phi) is 32.1. The Morgan fingerprint density at radius 1 is 0.475 bits per heavy atom. The fraction of sp³-hybridized carbons (Fsp3) is 0.943. The van der Waals surface area contributed by atoms with Gasteiger partial charge in [0.1, 0.15) is 12.7 Å². The van der Waals surface area contributed by atoms with Crippen molar-refractivity contribution in [3.8, 4) is 0 Å². The van der Waals surface area contributed by atoms with Crippen molar-refractivity contribution in [1.82, 2.24) is 0 Å². The number of rotatable bonds is 32. The van der Waals surface area contributed by atoms with Crippen LogP contribution in [-0.2, 0) is 19.1 Å². The minimum Gasteiger partial charge on any atom is -0.462 e. The highest BCUT2D eigenvalue weighted by molar-refractivity contribution is 6.18. The van der Waals surface area contributed by atoms with Gasteiger partial charge in [0.25, 0.3) is 0 Å². The molecule has 0 aliphatic heterocycles. The van der Waals surface area contributed by atoms with E-state index in [1.807, 2.05) is 0 Å². The number of esters is 2. The van der Waals surface area contributed by atoms with Gasteiger partial charge in [-0.15, -0.1) is 11.6 Å². The lowest BCUT2D eigenvalue weighted by Crippen LogP contribution is -2.26. The third-order valence-electron chi connectivity index (χ3n) is 7.87. The Balaban J connectivity index is 3.53. The molecule has 0 aliphatic rings. The monoisotopic (exact) mass is 589 g/mol. The summed E-state index contributed by atoms with van der Waals surface area (Å²) < 4.78 is 10.8. The van der Waals surface area contributed by atoms with Crippen molar-refractivity contribution in [2.45, 2.75) is 200 Å². The number of ether oxygens (including phenoxy) is 2. The van der Waals surface area contributed by atoms with Crippen molar-refractivity contribution >= 4 is 23.5 Å². The van der Waals surface area contributed by atoms with Crippen LogP contribution in [0, 0.1) is 0 Å². The molecule has 0 aromatic heterocycles. The Morgan fingerprint density at radius 3 is 1.10 bits per heavy atom. The highest BCUT2D eigenvalue weighted by Gasteiger charge is 2.16. The molecule has 0 saturated heterocycles. The van der Waals surface area contributed by atoms with Crippen LogP contribution >= 0.6 is 11.6 Å². The molecule has 0 unspecified atom stereocenters. The maximum atomic E-state index is 12.1. The SMILES string of the molecule is CCCCCCCCCCCCCCCC(=O)O[13CH2][13C@@H]([13CH2]Cl)OC(=O)CCCCCCCCCCCCCCC.